The molecule has 0 bridgehead atoms. The van der Waals surface area contributed by atoms with E-state index >= 15 is 0 Å². The van der Waals surface area contributed by atoms with Gasteiger partial charge in [0.15, 0.2) is 0 Å². The van der Waals surface area contributed by atoms with E-state index in [2.05, 4.69) is 10.4 Å². The zero-order valence-corrected chi connectivity index (χ0v) is 10.7. The van der Waals surface area contributed by atoms with Crippen LogP contribution < -0.4 is 5.32 Å². The maximum Gasteiger partial charge on any atom is 0.333 e. The minimum absolute atomic E-state index is 0.129. The van der Waals surface area contributed by atoms with Crippen molar-refractivity contribution in [2.45, 2.75) is 32.7 Å². The highest BCUT2D eigenvalue weighted by Crippen LogP contribution is 2.30. The summed E-state index contributed by atoms with van der Waals surface area (Å²) in [6, 6.07) is 0. The Bertz CT molecular complexity index is 492. The second-order valence-corrected chi connectivity index (χ2v) is 4.74. The number of nitrogens with zero attached hydrogens (tertiary/aromatic N) is 3. The van der Waals surface area contributed by atoms with Crippen LogP contribution in [0.5, 0.6) is 0 Å². The van der Waals surface area contributed by atoms with Gasteiger partial charge in [0, 0.05) is 12.6 Å². The molecule has 0 aliphatic heterocycles. The average Bonchev–Trinajstić information content (AvgIpc) is 2.37. The summed E-state index contributed by atoms with van der Waals surface area (Å²) in [5, 5.41) is 26.6. The Balaban J connectivity index is 3.11. The second kappa shape index (κ2) is 4.63. The molecule has 0 fully saturated rings. The number of carboxylic acids is 1. The molecule has 1 rings (SSSR count). The van der Waals surface area contributed by atoms with E-state index in [9.17, 15) is 14.9 Å². The topological polar surface area (TPSA) is 110 Å². The summed E-state index contributed by atoms with van der Waals surface area (Å²) in [5.74, 6) is -0.766. The van der Waals surface area contributed by atoms with Crippen LogP contribution in [0.2, 0.25) is 0 Å². The van der Waals surface area contributed by atoms with Crippen LogP contribution in [-0.4, -0.2) is 31.3 Å². The van der Waals surface area contributed by atoms with Crippen molar-refractivity contribution in [1.82, 2.24) is 9.78 Å². The molecule has 0 radical (unpaired) electrons. The van der Waals surface area contributed by atoms with E-state index in [1.54, 1.807) is 20.9 Å². The number of rotatable bonds is 5. The molecular weight excluding hydrogens is 240 g/mol. The Kier molecular flexibility index (Phi) is 3.59. The van der Waals surface area contributed by atoms with Gasteiger partial charge in [-0.05, 0) is 20.8 Å². The third-order valence-electron chi connectivity index (χ3n) is 2.42. The molecule has 8 nitrogen and oxygen atoms in total. The van der Waals surface area contributed by atoms with Gasteiger partial charge in [-0.2, -0.15) is 5.10 Å². The SMILES string of the molecule is Cc1nn(C)c(NC(C)(C)CC(=O)O)c1[N+](=O)[O-]. The van der Waals surface area contributed by atoms with Crippen LogP contribution in [0, 0.1) is 17.0 Å². The molecule has 0 spiro atoms. The van der Waals surface area contributed by atoms with Crippen LogP contribution >= 0.6 is 0 Å². The fraction of sp³-hybridized carbons (Fsp3) is 0.600. The predicted molar refractivity (Wildman–Crippen MR) is 64.6 cm³/mol. The molecule has 18 heavy (non-hydrogen) atoms. The Labute approximate surface area is 104 Å². The van der Waals surface area contributed by atoms with Crippen molar-refractivity contribution in [2.24, 2.45) is 7.05 Å². The lowest BCUT2D eigenvalue weighted by Crippen LogP contribution is -2.34. The molecule has 1 heterocycles. The number of aromatic nitrogens is 2. The third-order valence-corrected chi connectivity index (χ3v) is 2.42. The number of aliphatic carboxylic acids is 1. The molecule has 0 unspecified atom stereocenters. The van der Waals surface area contributed by atoms with Gasteiger partial charge in [-0.25, -0.2) is 4.68 Å². The first kappa shape index (κ1) is 13.9. The molecule has 0 aromatic carbocycles. The van der Waals surface area contributed by atoms with Crippen LogP contribution in [0.4, 0.5) is 11.5 Å². The van der Waals surface area contributed by atoms with E-state index in [0.29, 0.717) is 0 Å². The number of hydrogen-bond acceptors (Lipinski definition) is 5. The van der Waals surface area contributed by atoms with Crippen molar-refractivity contribution in [3.05, 3.63) is 15.8 Å². The maximum atomic E-state index is 11.0. The fourth-order valence-corrected chi connectivity index (χ4v) is 1.75. The average molecular weight is 256 g/mol. The van der Waals surface area contributed by atoms with Gasteiger partial charge in [-0.3, -0.25) is 14.9 Å². The lowest BCUT2D eigenvalue weighted by molar-refractivity contribution is -0.384. The maximum absolute atomic E-state index is 11.0. The van der Waals surface area contributed by atoms with Crippen LogP contribution in [0.25, 0.3) is 0 Å². The summed E-state index contributed by atoms with van der Waals surface area (Å²) in [4.78, 5) is 21.2. The van der Waals surface area contributed by atoms with Gasteiger partial charge in [0.25, 0.3) is 0 Å². The molecular formula is C10H16N4O4. The third kappa shape index (κ3) is 2.96. The van der Waals surface area contributed by atoms with Gasteiger partial charge in [0.05, 0.1) is 11.3 Å². The van der Waals surface area contributed by atoms with E-state index < -0.39 is 16.4 Å². The van der Waals surface area contributed by atoms with Gasteiger partial charge in [0.1, 0.15) is 5.69 Å². The number of aryl methyl sites for hydroxylation is 2. The van der Waals surface area contributed by atoms with Gasteiger partial charge in [-0.1, -0.05) is 0 Å². The summed E-state index contributed by atoms with van der Waals surface area (Å²) in [5.41, 5.74) is -0.649. The molecule has 0 saturated carbocycles. The fourth-order valence-electron chi connectivity index (χ4n) is 1.75. The standard InChI is InChI=1S/C10H16N4O4/c1-6-8(14(17)18)9(13(4)12-6)11-10(2,3)5-7(15)16/h11H,5H2,1-4H3,(H,15,16). The van der Waals surface area contributed by atoms with Crippen molar-refractivity contribution in [3.8, 4) is 0 Å². The highest BCUT2D eigenvalue weighted by atomic mass is 16.6. The van der Waals surface area contributed by atoms with Crippen molar-refractivity contribution in [2.75, 3.05) is 5.32 Å². The lowest BCUT2D eigenvalue weighted by atomic mass is 10.0. The molecule has 2 N–H and O–H groups in total. The second-order valence-electron chi connectivity index (χ2n) is 4.74. The quantitative estimate of drug-likeness (QED) is 0.607. The highest BCUT2D eigenvalue weighted by Gasteiger charge is 2.30. The normalized spacial score (nSPS) is 11.3. The number of hydrogen-bond donors (Lipinski definition) is 2. The van der Waals surface area contributed by atoms with Gasteiger partial charge in [-0.15, -0.1) is 0 Å². The van der Waals surface area contributed by atoms with E-state index in [1.165, 1.54) is 11.6 Å². The molecule has 0 saturated heterocycles. The summed E-state index contributed by atoms with van der Waals surface area (Å²) >= 11 is 0. The van der Waals surface area contributed by atoms with E-state index in [0.717, 1.165) is 0 Å². The molecule has 0 amide bonds. The first-order chi connectivity index (χ1) is 8.14. The van der Waals surface area contributed by atoms with Crippen molar-refractivity contribution in [3.63, 3.8) is 0 Å². The minimum atomic E-state index is -0.978. The number of nitro groups is 1. The van der Waals surface area contributed by atoms with Crippen LogP contribution in [0.1, 0.15) is 26.0 Å². The molecule has 0 aliphatic rings. The Morgan fingerprint density at radius 2 is 2.17 bits per heavy atom. The summed E-state index contributed by atoms with van der Waals surface area (Å²) in [6.07, 6.45) is -0.158. The molecule has 100 valence electrons. The van der Waals surface area contributed by atoms with Gasteiger partial charge >= 0.3 is 11.7 Å². The number of carbonyl (C=O) groups is 1. The van der Waals surface area contributed by atoms with E-state index in [1.807, 2.05) is 0 Å². The predicted octanol–water partition coefficient (Wildman–Crippen LogP) is 1.30. The lowest BCUT2D eigenvalue weighted by Gasteiger charge is -2.24. The highest BCUT2D eigenvalue weighted by molar-refractivity contribution is 5.70. The van der Waals surface area contributed by atoms with Crippen LogP contribution in [-0.2, 0) is 11.8 Å². The van der Waals surface area contributed by atoms with Crippen LogP contribution in [0.3, 0.4) is 0 Å². The number of carboxylic acid groups (broad SMARTS) is 1. The molecule has 1 aromatic rings. The van der Waals surface area contributed by atoms with Gasteiger partial charge < -0.3 is 10.4 Å². The zero-order chi connectivity index (χ0) is 14.1. The molecule has 0 aliphatic carbocycles. The van der Waals surface area contributed by atoms with Crippen molar-refractivity contribution >= 4 is 17.5 Å². The van der Waals surface area contributed by atoms with Crippen molar-refractivity contribution in [1.29, 1.82) is 0 Å². The number of nitrogens with one attached hydrogen (secondary N) is 1. The smallest absolute Gasteiger partial charge is 0.333 e. The first-order valence-electron chi connectivity index (χ1n) is 5.32. The Morgan fingerprint density at radius 1 is 1.61 bits per heavy atom. The van der Waals surface area contributed by atoms with E-state index in [-0.39, 0.29) is 23.6 Å². The minimum Gasteiger partial charge on any atom is -0.481 e. The zero-order valence-electron chi connectivity index (χ0n) is 10.7. The largest absolute Gasteiger partial charge is 0.481 e. The van der Waals surface area contributed by atoms with E-state index in [4.69, 9.17) is 5.11 Å². The Morgan fingerprint density at radius 3 is 2.61 bits per heavy atom. The summed E-state index contributed by atoms with van der Waals surface area (Å²) in [6.45, 7) is 4.86. The van der Waals surface area contributed by atoms with Crippen molar-refractivity contribution < 1.29 is 14.8 Å². The molecule has 8 heteroatoms. The summed E-state index contributed by atoms with van der Waals surface area (Å²) in [7, 11) is 1.57. The monoisotopic (exact) mass is 256 g/mol. The number of anilines is 1. The summed E-state index contributed by atoms with van der Waals surface area (Å²) < 4.78 is 1.34. The molecule has 1 aromatic heterocycles. The first-order valence-corrected chi connectivity index (χ1v) is 5.32. The van der Waals surface area contributed by atoms with Gasteiger partial charge in [0.2, 0.25) is 5.82 Å². The Hall–Kier alpha value is -2.12. The molecule has 0 atom stereocenters. The van der Waals surface area contributed by atoms with Crippen LogP contribution in [0.15, 0.2) is 0 Å².